The van der Waals surface area contributed by atoms with Crippen molar-refractivity contribution in [2.45, 2.75) is 18.6 Å². The van der Waals surface area contributed by atoms with Crippen molar-refractivity contribution in [2.24, 2.45) is 0 Å². The van der Waals surface area contributed by atoms with Crippen LogP contribution in [-0.2, 0) is 30.1 Å². The van der Waals surface area contributed by atoms with Crippen molar-refractivity contribution in [2.75, 3.05) is 46.4 Å². The SMILES string of the molecule is COC(=O)CCCNC(=O)CN1CCN(S(=O)(=O)Cc2ccccc2)CC1. The number of piperazine rings is 1. The van der Waals surface area contributed by atoms with Crippen LogP contribution in [0.3, 0.4) is 0 Å². The van der Waals surface area contributed by atoms with Crippen LogP contribution in [0.1, 0.15) is 18.4 Å². The lowest BCUT2D eigenvalue weighted by Gasteiger charge is -2.33. The second-order valence-electron chi connectivity index (χ2n) is 6.45. The maximum Gasteiger partial charge on any atom is 0.305 e. The first-order valence-corrected chi connectivity index (χ1v) is 10.6. The minimum atomic E-state index is -3.35. The number of carbonyl (C=O) groups is 2. The molecule has 2 rings (SSSR count). The molecule has 1 N–H and O–H groups in total. The number of ether oxygens (including phenoxy) is 1. The molecule has 1 aliphatic rings. The predicted molar refractivity (Wildman–Crippen MR) is 101 cm³/mol. The van der Waals surface area contributed by atoms with E-state index in [-0.39, 0.29) is 30.6 Å². The highest BCUT2D eigenvalue weighted by Gasteiger charge is 2.27. The highest BCUT2D eigenvalue weighted by atomic mass is 32.2. The van der Waals surface area contributed by atoms with Gasteiger partial charge < -0.3 is 10.1 Å². The Balaban J connectivity index is 1.70. The first-order valence-electron chi connectivity index (χ1n) is 8.98. The summed E-state index contributed by atoms with van der Waals surface area (Å²) in [5.74, 6) is -0.424. The van der Waals surface area contributed by atoms with Crippen molar-refractivity contribution >= 4 is 21.9 Å². The second kappa shape index (κ2) is 10.4. The van der Waals surface area contributed by atoms with Crippen LogP contribution in [0.5, 0.6) is 0 Å². The Labute approximate surface area is 160 Å². The topological polar surface area (TPSA) is 96.0 Å². The van der Waals surface area contributed by atoms with E-state index in [1.54, 1.807) is 12.1 Å². The molecule has 1 saturated heterocycles. The van der Waals surface area contributed by atoms with Gasteiger partial charge in [0.05, 0.1) is 19.4 Å². The van der Waals surface area contributed by atoms with E-state index in [4.69, 9.17) is 0 Å². The van der Waals surface area contributed by atoms with E-state index in [1.165, 1.54) is 11.4 Å². The third-order valence-electron chi connectivity index (χ3n) is 4.39. The minimum absolute atomic E-state index is 0.00544. The Morgan fingerprint density at radius 2 is 1.78 bits per heavy atom. The molecule has 9 heteroatoms. The van der Waals surface area contributed by atoms with Gasteiger partial charge in [-0.1, -0.05) is 30.3 Å². The molecule has 8 nitrogen and oxygen atoms in total. The van der Waals surface area contributed by atoms with Crippen molar-refractivity contribution in [3.63, 3.8) is 0 Å². The average molecular weight is 397 g/mol. The van der Waals surface area contributed by atoms with Gasteiger partial charge in [-0.3, -0.25) is 14.5 Å². The summed E-state index contributed by atoms with van der Waals surface area (Å²) in [6.07, 6.45) is 0.804. The second-order valence-corrected chi connectivity index (χ2v) is 8.42. The van der Waals surface area contributed by atoms with Crippen molar-refractivity contribution in [3.05, 3.63) is 35.9 Å². The number of nitrogens with one attached hydrogen (secondary N) is 1. The number of carbonyl (C=O) groups excluding carboxylic acids is 2. The van der Waals surface area contributed by atoms with Gasteiger partial charge in [0.1, 0.15) is 0 Å². The number of amides is 1. The third-order valence-corrected chi connectivity index (χ3v) is 6.24. The number of esters is 1. The van der Waals surface area contributed by atoms with Crippen LogP contribution in [-0.4, -0.2) is 75.9 Å². The minimum Gasteiger partial charge on any atom is -0.469 e. The fourth-order valence-corrected chi connectivity index (χ4v) is 4.38. The van der Waals surface area contributed by atoms with E-state index in [1.807, 2.05) is 23.1 Å². The Morgan fingerprint density at radius 3 is 2.41 bits per heavy atom. The van der Waals surface area contributed by atoms with Crippen LogP contribution in [0.4, 0.5) is 0 Å². The molecular weight excluding hydrogens is 370 g/mol. The summed E-state index contributed by atoms with van der Waals surface area (Å²) in [4.78, 5) is 24.9. The van der Waals surface area contributed by atoms with Crippen molar-refractivity contribution in [3.8, 4) is 0 Å². The Kier molecular flexibility index (Phi) is 8.21. The van der Waals surface area contributed by atoms with E-state index >= 15 is 0 Å². The quantitative estimate of drug-likeness (QED) is 0.473. The van der Waals surface area contributed by atoms with Crippen LogP contribution in [0, 0.1) is 0 Å². The van der Waals surface area contributed by atoms with Crippen LogP contribution in [0.2, 0.25) is 0 Å². The molecule has 0 unspecified atom stereocenters. The van der Waals surface area contributed by atoms with Crippen molar-refractivity contribution < 1.29 is 22.7 Å². The molecule has 0 aromatic heterocycles. The molecule has 1 aromatic rings. The summed E-state index contributed by atoms with van der Waals surface area (Å²) >= 11 is 0. The molecular formula is C18H27N3O5S. The van der Waals surface area contributed by atoms with Gasteiger partial charge in [0.2, 0.25) is 15.9 Å². The van der Waals surface area contributed by atoms with Crippen molar-refractivity contribution in [1.82, 2.24) is 14.5 Å². The molecule has 0 saturated carbocycles. The predicted octanol–water partition coefficient (Wildman–Crippen LogP) is 0.203. The number of sulfonamides is 1. The van der Waals surface area contributed by atoms with E-state index in [0.717, 1.165) is 5.56 Å². The molecule has 1 aliphatic heterocycles. The van der Waals surface area contributed by atoms with Gasteiger partial charge in [0.15, 0.2) is 0 Å². The number of rotatable bonds is 9. The lowest BCUT2D eigenvalue weighted by molar-refractivity contribution is -0.140. The monoisotopic (exact) mass is 397 g/mol. The zero-order chi connectivity index (χ0) is 19.7. The molecule has 1 aromatic carbocycles. The Hall–Kier alpha value is -1.97. The fraction of sp³-hybridized carbons (Fsp3) is 0.556. The van der Waals surface area contributed by atoms with Crippen LogP contribution < -0.4 is 5.32 Å². The summed E-state index contributed by atoms with van der Waals surface area (Å²) in [5.41, 5.74) is 0.770. The van der Waals surface area contributed by atoms with Crippen LogP contribution >= 0.6 is 0 Å². The Morgan fingerprint density at radius 1 is 1.11 bits per heavy atom. The average Bonchev–Trinajstić information content (AvgIpc) is 2.66. The van der Waals surface area contributed by atoms with Crippen molar-refractivity contribution in [1.29, 1.82) is 0 Å². The van der Waals surface area contributed by atoms with E-state index in [0.29, 0.717) is 39.1 Å². The van der Waals surface area contributed by atoms with Crippen LogP contribution in [0.15, 0.2) is 30.3 Å². The number of hydrogen-bond acceptors (Lipinski definition) is 6. The smallest absolute Gasteiger partial charge is 0.305 e. The first-order chi connectivity index (χ1) is 12.9. The molecule has 27 heavy (non-hydrogen) atoms. The van der Waals surface area contributed by atoms with Gasteiger partial charge >= 0.3 is 5.97 Å². The molecule has 1 fully saturated rings. The number of benzene rings is 1. The summed E-state index contributed by atoms with van der Waals surface area (Å²) in [7, 11) is -2.02. The molecule has 0 aliphatic carbocycles. The van der Waals surface area contributed by atoms with E-state index < -0.39 is 10.0 Å². The maximum atomic E-state index is 12.5. The zero-order valence-corrected chi connectivity index (χ0v) is 16.4. The molecule has 1 amide bonds. The normalized spacial score (nSPS) is 16.0. The van der Waals surface area contributed by atoms with E-state index in [2.05, 4.69) is 10.1 Å². The summed E-state index contributed by atoms with van der Waals surface area (Å²) in [6.45, 7) is 2.44. The summed E-state index contributed by atoms with van der Waals surface area (Å²) in [6, 6.07) is 9.12. The molecule has 0 spiro atoms. The first kappa shape index (κ1) is 21.3. The highest BCUT2D eigenvalue weighted by molar-refractivity contribution is 7.88. The third kappa shape index (κ3) is 7.28. The van der Waals surface area contributed by atoms with Gasteiger partial charge in [-0.05, 0) is 12.0 Å². The highest BCUT2D eigenvalue weighted by Crippen LogP contribution is 2.13. The fourth-order valence-electron chi connectivity index (χ4n) is 2.86. The molecule has 0 bridgehead atoms. The molecule has 150 valence electrons. The maximum absolute atomic E-state index is 12.5. The largest absolute Gasteiger partial charge is 0.469 e. The summed E-state index contributed by atoms with van der Waals surface area (Å²) in [5, 5.41) is 2.76. The standard InChI is InChI=1S/C18H27N3O5S/c1-26-18(23)8-5-9-19-17(22)14-20-10-12-21(13-11-20)27(24,25)15-16-6-3-2-4-7-16/h2-4,6-7H,5,8-15H2,1H3,(H,19,22). The molecule has 0 atom stereocenters. The van der Waals surface area contributed by atoms with Gasteiger partial charge in [-0.25, -0.2) is 8.42 Å². The number of nitrogens with zero attached hydrogens (tertiary/aromatic N) is 2. The van der Waals surface area contributed by atoms with Gasteiger partial charge in [-0.2, -0.15) is 4.31 Å². The van der Waals surface area contributed by atoms with E-state index in [9.17, 15) is 18.0 Å². The molecule has 0 radical (unpaired) electrons. The lowest BCUT2D eigenvalue weighted by Crippen LogP contribution is -2.51. The number of methoxy groups -OCH3 is 1. The Bertz CT molecular complexity index is 716. The lowest BCUT2D eigenvalue weighted by atomic mass is 10.2. The summed E-state index contributed by atoms with van der Waals surface area (Å²) < 4.78 is 31.1. The van der Waals surface area contributed by atoms with Crippen LogP contribution in [0.25, 0.3) is 0 Å². The van der Waals surface area contributed by atoms with Gasteiger partial charge in [0.25, 0.3) is 0 Å². The molecule has 1 heterocycles. The number of hydrogen-bond donors (Lipinski definition) is 1. The van der Waals surface area contributed by atoms with Gasteiger partial charge in [-0.15, -0.1) is 0 Å². The van der Waals surface area contributed by atoms with Gasteiger partial charge in [0, 0.05) is 39.1 Å². The zero-order valence-electron chi connectivity index (χ0n) is 15.6.